The minimum atomic E-state index is 0.332. The molecule has 0 rings (SSSR count). The van der Waals surface area contributed by atoms with Crippen molar-refractivity contribution in [3.05, 3.63) is 0 Å². The highest BCUT2D eigenvalue weighted by Gasteiger charge is 1.90. The van der Waals surface area contributed by atoms with Crippen LogP contribution in [0.4, 0.5) is 0 Å². The lowest BCUT2D eigenvalue weighted by Crippen LogP contribution is -2.21. The van der Waals surface area contributed by atoms with E-state index in [-0.39, 0.29) is 0 Å². The van der Waals surface area contributed by atoms with E-state index in [0.717, 1.165) is 45.6 Å². The molecule has 0 aliphatic rings. The van der Waals surface area contributed by atoms with Gasteiger partial charge in [-0.2, -0.15) is 0 Å². The van der Waals surface area contributed by atoms with Crippen LogP contribution in [0.5, 0.6) is 0 Å². The highest BCUT2D eigenvalue weighted by atomic mass is 16.5. The molecule has 0 saturated heterocycles. The average Bonchev–Trinajstić information content (AvgIpc) is 2.21. The highest BCUT2D eigenvalue weighted by Crippen LogP contribution is 1.97. The maximum Gasteiger partial charge on any atom is 0.0590 e. The molecule has 0 aliphatic heterocycles. The Labute approximate surface area is 87.8 Å². The fourth-order valence-corrected chi connectivity index (χ4v) is 1.23. The van der Waals surface area contributed by atoms with Crippen molar-refractivity contribution in [1.29, 1.82) is 0 Å². The van der Waals surface area contributed by atoms with Gasteiger partial charge < -0.3 is 15.2 Å². The first kappa shape index (κ1) is 13.9. The molecule has 3 heteroatoms. The molecule has 2 N–H and O–H groups in total. The van der Waals surface area contributed by atoms with Gasteiger partial charge in [0.2, 0.25) is 0 Å². The van der Waals surface area contributed by atoms with Crippen LogP contribution >= 0.6 is 0 Å². The minimum absolute atomic E-state index is 0.332. The van der Waals surface area contributed by atoms with E-state index in [2.05, 4.69) is 12.2 Å². The summed E-state index contributed by atoms with van der Waals surface area (Å²) in [7, 11) is 0. The molecule has 0 amide bonds. The van der Waals surface area contributed by atoms with Gasteiger partial charge in [0.15, 0.2) is 0 Å². The van der Waals surface area contributed by atoms with Crippen molar-refractivity contribution in [3.63, 3.8) is 0 Å². The Balaban J connectivity index is 2.78. The summed E-state index contributed by atoms with van der Waals surface area (Å²) in [5, 5.41) is 11.9. The van der Waals surface area contributed by atoms with Crippen molar-refractivity contribution in [3.8, 4) is 0 Å². The third-order valence-electron chi connectivity index (χ3n) is 2.03. The normalized spacial score (nSPS) is 10.7. The molecule has 14 heavy (non-hydrogen) atoms. The zero-order valence-corrected chi connectivity index (χ0v) is 9.43. The number of aliphatic hydroxyl groups is 1. The second-order valence-electron chi connectivity index (χ2n) is 3.50. The Bertz CT molecular complexity index is 87.3. The first-order valence-electron chi connectivity index (χ1n) is 5.81. The number of unbranched alkanes of at least 4 members (excludes halogenated alkanes) is 3. The number of ether oxygens (including phenoxy) is 1. The number of aliphatic hydroxyl groups excluding tert-OH is 1. The molecule has 0 heterocycles. The van der Waals surface area contributed by atoms with Crippen LogP contribution in [0.15, 0.2) is 0 Å². The highest BCUT2D eigenvalue weighted by molar-refractivity contribution is 4.48. The molecular formula is C11H25NO2. The van der Waals surface area contributed by atoms with Crippen molar-refractivity contribution >= 4 is 0 Å². The molecule has 0 aromatic heterocycles. The van der Waals surface area contributed by atoms with Crippen LogP contribution < -0.4 is 5.32 Å². The lowest BCUT2D eigenvalue weighted by molar-refractivity contribution is 0.136. The molecule has 0 saturated carbocycles. The second-order valence-corrected chi connectivity index (χ2v) is 3.50. The van der Waals surface area contributed by atoms with E-state index in [1.165, 1.54) is 12.8 Å². The van der Waals surface area contributed by atoms with E-state index >= 15 is 0 Å². The number of hydrogen-bond donors (Lipinski definition) is 2. The summed E-state index contributed by atoms with van der Waals surface area (Å²) < 4.78 is 5.33. The Morgan fingerprint density at radius 2 is 1.79 bits per heavy atom. The van der Waals surface area contributed by atoms with Crippen LogP contribution in [0.25, 0.3) is 0 Å². The molecule has 86 valence electrons. The molecule has 0 spiro atoms. The lowest BCUT2D eigenvalue weighted by atomic mass is 10.2. The summed E-state index contributed by atoms with van der Waals surface area (Å²) >= 11 is 0. The predicted octanol–water partition coefficient (Wildman–Crippen LogP) is 1.56. The summed E-state index contributed by atoms with van der Waals surface area (Å²) in [6.45, 7) is 6.18. The Morgan fingerprint density at radius 3 is 2.50 bits per heavy atom. The Morgan fingerprint density at radius 1 is 1.00 bits per heavy atom. The van der Waals surface area contributed by atoms with Crippen molar-refractivity contribution < 1.29 is 9.84 Å². The van der Waals surface area contributed by atoms with Gasteiger partial charge in [0.25, 0.3) is 0 Å². The second kappa shape index (κ2) is 12.9. The topological polar surface area (TPSA) is 41.5 Å². The van der Waals surface area contributed by atoms with Crippen LogP contribution in [0.1, 0.15) is 39.0 Å². The van der Waals surface area contributed by atoms with Gasteiger partial charge in [-0.15, -0.1) is 0 Å². The zero-order chi connectivity index (χ0) is 10.5. The lowest BCUT2D eigenvalue weighted by Gasteiger charge is -2.04. The van der Waals surface area contributed by atoms with E-state index in [4.69, 9.17) is 9.84 Å². The van der Waals surface area contributed by atoms with Gasteiger partial charge in [0.1, 0.15) is 0 Å². The van der Waals surface area contributed by atoms with Gasteiger partial charge in [-0.3, -0.25) is 0 Å². The molecular weight excluding hydrogens is 178 g/mol. The maximum atomic E-state index is 8.56. The molecule has 3 nitrogen and oxygen atoms in total. The van der Waals surface area contributed by atoms with E-state index in [0.29, 0.717) is 6.61 Å². The smallest absolute Gasteiger partial charge is 0.0590 e. The number of rotatable bonds is 11. The van der Waals surface area contributed by atoms with Crippen LogP contribution in [-0.4, -0.2) is 38.0 Å². The van der Waals surface area contributed by atoms with Crippen LogP contribution in [0, 0.1) is 0 Å². The summed E-state index contributed by atoms with van der Waals surface area (Å²) in [4.78, 5) is 0. The largest absolute Gasteiger partial charge is 0.396 e. The zero-order valence-electron chi connectivity index (χ0n) is 9.43. The molecule has 0 aromatic carbocycles. The Kier molecular flexibility index (Phi) is 12.8. The van der Waals surface area contributed by atoms with Crippen molar-refractivity contribution in [2.75, 3.05) is 32.9 Å². The minimum Gasteiger partial charge on any atom is -0.396 e. The van der Waals surface area contributed by atoms with Crippen LogP contribution in [-0.2, 0) is 4.74 Å². The standard InChI is InChI=1S/C11H25NO2/c1-2-10-14-11-8-12-7-5-3-4-6-9-13/h12-13H,2-11H2,1H3. The van der Waals surface area contributed by atoms with Crippen molar-refractivity contribution in [2.45, 2.75) is 39.0 Å². The van der Waals surface area contributed by atoms with Crippen LogP contribution in [0.3, 0.4) is 0 Å². The number of hydrogen-bond acceptors (Lipinski definition) is 3. The van der Waals surface area contributed by atoms with E-state index < -0.39 is 0 Å². The van der Waals surface area contributed by atoms with Gasteiger partial charge in [0, 0.05) is 19.8 Å². The SMILES string of the molecule is CCCOCCNCCCCCCO. The molecule has 0 atom stereocenters. The fraction of sp³-hybridized carbons (Fsp3) is 1.00. The quantitative estimate of drug-likeness (QED) is 0.501. The van der Waals surface area contributed by atoms with E-state index in [9.17, 15) is 0 Å². The van der Waals surface area contributed by atoms with Gasteiger partial charge in [-0.1, -0.05) is 19.8 Å². The van der Waals surface area contributed by atoms with Crippen LogP contribution in [0.2, 0.25) is 0 Å². The molecule has 0 bridgehead atoms. The van der Waals surface area contributed by atoms with Gasteiger partial charge in [-0.05, 0) is 25.8 Å². The molecule has 0 aromatic rings. The third kappa shape index (κ3) is 11.9. The van der Waals surface area contributed by atoms with Gasteiger partial charge in [0.05, 0.1) is 6.61 Å². The summed E-state index contributed by atoms with van der Waals surface area (Å²) in [5.41, 5.74) is 0. The average molecular weight is 203 g/mol. The van der Waals surface area contributed by atoms with Gasteiger partial charge in [-0.25, -0.2) is 0 Å². The predicted molar refractivity (Wildman–Crippen MR) is 59.5 cm³/mol. The molecule has 0 fully saturated rings. The summed E-state index contributed by atoms with van der Waals surface area (Å²) in [6, 6.07) is 0. The van der Waals surface area contributed by atoms with Crippen molar-refractivity contribution in [2.24, 2.45) is 0 Å². The number of nitrogens with one attached hydrogen (secondary N) is 1. The summed E-state index contributed by atoms with van der Waals surface area (Å²) in [6.07, 6.45) is 5.60. The van der Waals surface area contributed by atoms with Gasteiger partial charge >= 0.3 is 0 Å². The maximum absolute atomic E-state index is 8.56. The third-order valence-corrected chi connectivity index (χ3v) is 2.03. The molecule has 0 radical (unpaired) electrons. The van der Waals surface area contributed by atoms with E-state index in [1.54, 1.807) is 0 Å². The first-order valence-corrected chi connectivity index (χ1v) is 5.81. The fourth-order valence-electron chi connectivity index (χ4n) is 1.23. The Hall–Kier alpha value is -0.120. The van der Waals surface area contributed by atoms with Crippen molar-refractivity contribution in [1.82, 2.24) is 5.32 Å². The first-order chi connectivity index (χ1) is 6.91. The molecule has 0 unspecified atom stereocenters. The monoisotopic (exact) mass is 203 g/mol. The molecule has 0 aliphatic carbocycles. The summed E-state index contributed by atoms with van der Waals surface area (Å²) in [5.74, 6) is 0. The van der Waals surface area contributed by atoms with E-state index in [1.807, 2.05) is 0 Å².